The minimum atomic E-state index is -2.32. The lowest BCUT2D eigenvalue weighted by Gasteiger charge is -2.26. The van der Waals surface area contributed by atoms with E-state index in [9.17, 15) is 8.76 Å². The lowest BCUT2D eigenvalue weighted by atomic mass is 10.0. The van der Waals surface area contributed by atoms with Gasteiger partial charge in [0.2, 0.25) is 0 Å². The second-order valence-corrected chi connectivity index (χ2v) is 7.32. The minimum Gasteiger partial charge on any atom is -0.760 e. The van der Waals surface area contributed by atoms with Gasteiger partial charge in [0.1, 0.15) is 0 Å². The van der Waals surface area contributed by atoms with E-state index in [2.05, 4.69) is 18.7 Å². The van der Waals surface area contributed by atoms with Crippen molar-refractivity contribution in [3.63, 3.8) is 0 Å². The van der Waals surface area contributed by atoms with E-state index in [0.29, 0.717) is 5.03 Å². The number of halogens is 2. The summed E-state index contributed by atoms with van der Waals surface area (Å²) in [7, 11) is 0. The van der Waals surface area contributed by atoms with Gasteiger partial charge >= 0.3 is 0 Å². The SMILES string of the molecule is CC12CC1=CCC=C=C(Cl)CN(S(=O)[O-])CC(Cl)C2. The van der Waals surface area contributed by atoms with Gasteiger partial charge in [0, 0.05) is 23.2 Å². The molecule has 1 fully saturated rings. The molecular weight excluding hydrogens is 305 g/mol. The molecule has 0 saturated heterocycles. The third-order valence-corrected chi connectivity index (χ3v) is 4.79. The van der Waals surface area contributed by atoms with Gasteiger partial charge in [-0.25, -0.2) is 4.31 Å². The Morgan fingerprint density at radius 2 is 2.37 bits per heavy atom. The maximum Gasteiger partial charge on any atom is 0.0745 e. The predicted molar refractivity (Wildman–Crippen MR) is 77.6 cm³/mol. The van der Waals surface area contributed by atoms with Gasteiger partial charge in [-0.1, -0.05) is 30.2 Å². The van der Waals surface area contributed by atoms with Crippen LogP contribution in [0.25, 0.3) is 0 Å². The quantitative estimate of drug-likeness (QED) is 0.322. The van der Waals surface area contributed by atoms with Gasteiger partial charge in [-0.2, -0.15) is 0 Å². The summed E-state index contributed by atoms with van der Waals surface area (Å²) in [5.41, 5.74) is 4.44. The van der Waals surface area contributed by atoms with Crippen LogP contribution in [-0.2, 0) is 11.3 Å². The van der Waals surface area contributed by atoms with E-state index in [1.807, 2.05) is 6.08 Å². The number of rotatable bonds is 1. The molecule has 0 N–H and O–H groups in total. The summed E-state index contributed by atoms with van der Waals surface area (Å²) in [6.45, 7) is 2.58. The van der Waals surface area contributed by atoms with Crippen molar-refractivity contribution in [3.05, 3.63) is 28.5 Å². The number of alkyl halides is 1. The molecule has 0 amide bonds. The smallest absolute Gasteiger partial charge is 0.0745 e. The molecule has 3 unspecified atom stereocenters. The first-order valence-electron chi connectivity index (χ1n) is 6.18. The summed E-state index contributed by atoms with van der Waals surface area (Å²) in [6, 6.07) is 0. The molecular formula is C13H16Cl2NO2S-. The zero-order valence-electron chi connectivity index (χ0n) is 10.7. The Hall–Kier alpha value is -0.0900. The molecule has 0 spiro atoms. The van der Waals surface area contributed by atoms with Gasteiger partial charge in [-0.05, 0) is 30.8 Å². The van der Waals surface area contributed by atoms with Crippen LogP contribution in [0.1, 0.15) is 26.2 Å². The first-order valence-corrected chi connectivity index (χ1v) is 8.03. The van der Waals surface area contributed by atoms with E-state index < -0.39 is 11.3 Å². The van der Waals surface area contributed by atoms with Crippen molar-refractivity contribution in [1.82, 2.24) is 4.31 Å². The van der Waals surface area contributed by atoms with Gasteiger partial charge in [0.05, 0.1) is 11.6 Å². The van der Waals surface area contributed by atoms with Crippen LogP contribution < -0.4 is 0 Å². The van der Waals surface area contributed by atoms with Crippen LogP contribution in [0.3, 0.4) is 0 Å². The van der Waals surface area contributed by atoms with E-state index >= 15 is 0 Å². The molecule has 0 aromatic carbocycles. The molecule has 2 aliphatic rings. The van der Waals surface area contributed by atoms with Crippen LogP contribution in [-0.4, -0.2) is 31.5 Å². The molecule has 1 saturated carbocycles. The fraction of sp³-hybridized carbons (Fsp3) is 0.615. The van der Waals surface area contributed by atoms with Crippen molar-refractivity contribution < 1.29 is 8.76 Å². The normalized spacial score (nSPS) is 34.4. The number of hydrogen-bond donors (Lipinski definition) is 0. The van der Waals surface area contributed by atoms with Crippen molar-refractivity contribution in [2.45, 2.75) is 31.6 Å². The third kappa shape index (κ3) is 4.19. The third-order valence-electron chi connectivity index (χ3n) is 3.57. The van der Waals surface area contributed by atoms with E-state index in [1.165, 1.54) is 9.88 Å². The Labute approximate surface area is 126 Å². The molecule has 6 heteroatoms. The first kappa shape index (κ1) is 15.3. The van der Waals surface area contributed by atoms with Crippen LogP contribution in [0, 0.1) is 5.41 Å². The average Bonchev–Trinajstić information content (AvgIpc) is 2.92. The van der Waals surface area contributed by atoms with Gasteiger partial charge in [0.15, 0.2) is 0 Å². The monoisotopic (exact) mass is 320 g/mol. The minimum absolute atomic E-state index is 0.130. The zero-order valence-corrected chi connectivity index (χ0v) is 13.0. The van der Waals surface area contributed by atoms with Crippen LogP contribution in [0.4, 0.5) is 0 Å². The molecule has 0 aromatic rings. The number of allylic oxidation sites excluding steroid dienone is 2. The molecule has 2 rings (SSSR count). The molecule has 3 atom stereocenters. The first-order chi connectivity index (χ1) is 8.90. The lowest BCUT2D eigenvalue weighted by molar-refractivity contribution is 0.387. The highest BCUT2D eigenvalue weighted by Crippen LogP contribution is 2.55. The topological polar surface area (TPSA) is 43.4 Å². The van der Waals surface area contributed by atoms with Crippen molar-refractivity contribution in [1.29, 1.82) is 0 Å². The van der Waals surface area contributed by atoms with E-state index in [1.54, 1.807) is 0 Å². The zero-order chi connectivity index (χ0) is 14.0. The van der Waals surface area contributed by atoms with E-state index in [4.69, 9.17) is 23.2 Å². The number of nitrogens with zero attached hydrogens (tertiary/aromatic N) is 1. The van der Waals surface area contributed by atoms with Gasteiger partial charge in [0.25, 0.3) is 0 Å². The lowest BCUT2D eigenvalue weighted by Crippen LogP contribution is -2.33. The summed E-state index contributed by atoms with van der Waals surface area (Å²) in [4.78, 5) is 0. The summed E-state index contributed by atoms with van der Waals surface area (Å²) in [5.74, 6) is 0. The maximum absolute atomic E-state index is 11.2. The Morgan fingerprint density at radius 1 is 1.63 bits per heavy atom. The highest BCUT2D eigenvalue weighted by Gasteiger charge is 2.44. The fourth-order valence-electron chi connectivity index (χ4n) is 2.42. The molecule has 1 aliphatic heterocycles. The Kier molecular flexibility index (Phi) is 4.93. The van der Waals surface area contributed by atoms with Crippen molar-refractivity contribution in [2.75, 3.05) is 13.1 Å². The molecule has 1 aliphatic carbocycles. The van der Waals surface area contributed by atoms with E-state index in [-0.39, 0.29) is 23.9 Å². The summed E-state index contributed by atoms with van der Waals surface area (Å²) in [6.07, 6.45) is 6.63. The summed E-state index contributed by atoms with van der Waals surface area (Å²) >= 11 is 9.94. The second kappa shape index (κ2) is 6.13. The second-order valence-electron chi connectivity index (χ2n) is 5.30. The Morgan fingerprint density at radius 3 is 3.05 bits per heavy atom. The van der Waals surface area contributed by atoms with E-state index in [0.717, 1.165) is 19.3 Å². The fourth-order valence-corrected chi connectivity index (χ4v) is 3.84. The Bertz CT molecular complexity index is 485. The van der Waals surface area contributed by atoms with Crippen LogP contribution in [0.5, 0.6) is 0 Å². The number of hydrogen-bond acceptors (Lipinski definition) is 2. The number of fused-ring (bicyclic) bond motifs is 1. The summed E-state index contributed by atoms with van der Waals surface area (Å²) in [5, 5.41) is 0.173. The Balaban J connectivity index is 2.20. The molecule has 1 heterocycles. The highest BCUT2D eigenvalue weighted by molar-refractivity contribution is 7.76. The molecule has 0 radical (unpaired) electrons. The van der Waals surface area contributed by atoms with Gasteiger partial charge in [-0.15, -0.1) is 17.3 Å². The van der Waals surface area contributed by atoms with Crippen LogP contribution >= 0.6 is 23.2 Å². The highest BCUT2D eigenvalue weighted by atomic mass is 35.5. The van der Waals surface area contributed by atoms with Crippen molar-refractivity contribution in [3.8, 4) is 0 Å². The van der Waals surface area contributed by atoms with Gasteiger partial charge < -0.3 is 4.55 Å². The molecule has 3 nitrogen and oxygen atoms in total. The average molecular weight is 321 g/mol. The largest absolute Gasteiger partial charge is 0.760 e. The van der Waals surface area contributed by atoms with Crippen LogP contribution in [0.15, 0.2) is 28.5 Å². The van der Waals surface area contributed by atoms with Crippen molar-refractivity contribution in [2.24, 2.45) is 5.41 Å². The van der Waals surface area contributed by atoms with Gasteiger partial charge in [-0.3, -0.25) is 4.21 Å². The molecule has 0 aromatic heterocycles. The van der Waals surface area contributed by atoms with Crippen molar-refractivity contribution >= 4 is 34.5 Å². The standard InChI is InChI=1S/C13H17Cl2NO2S/c1-13-6-10(13)4-2-3-5-11(14)8-16(19(17)18)9-12(15)7-13/h3-4,12H,2,6-9H2,1H3,(H,17,18)/p-1. The molecule has 106 valence electrons. The maximum atomic E-state index is 11.2. The summed E-state index contributed by atoms with van der Waals surface area (Å²) < 4.78 is 23.6. The molecule has 0 bridgehead atoms. The predicted octanol–water partition coefficient (Wildman–Crippen LogP) is 3.10. The molecule has 19 heavy (non-hydrogen) atoms. The van der Waals surface area contributed by atoms with Crippen LogP contribution in [0.2, 0.25) is 0 Å².